The third-order valence-corrected chi connectivity index (χ3v) is 3.49. The summed E-state index contributed by atoms with van der Waals surface area (Å²) >= 11 is 0. The van der Waals surface area contributed by atoms with E-state index in [2.05, 4.69) is 15.2 Å². The summed E-state index contributed by atoms with van der Waals surface area (Å²) in [5.41, 5.74) is 0. The van der Waals surface area contributed by atoms with E-state index in [-0.39, 0.29) is 6.10 Å². The van der Waals surface area contributed by atoms with E-state index in [4.69, 9.17) is 9.15 Å². The Morgan fingerprint density at radius 3 is 2.63 bits per heavy atom. The van der Waals surface area contributed by atoms with E-state index in [1.807, 2.05) is 25.1 Å². The van der Waals surface area contributed by atoms with Crippen LogP contribution in [0.1, 0.15) is 43.4 Å². The lowest BCUT2D eigenvalue weighted by Gasteiger charge is -2.26. The van der Waals surface area contributed by atoms with Gasteiger partial charge in [-0.25, -0.2) is 4.98 Å². The van der Waals surface area contributed by atoms with Gasteiger partial charge < -0.3 is 9.15 Å². The summed E-state index contributed by atoms with van der Waals surface area (Å²) < 4.78 is 11.4. The van der Waals surface area contributed by atoms with Gasteiger partial charge in [0.2, 0.25) is 17.7 Å². The predicted octanol–water partition coefficient (Wildman–Crippen LogP) is 2.88. The van der Waals surface area contributed by atoms with Crippen molar-refractivity contribution in [2.24, 2.45) is 0 Å². The molecule has 0 radical (unpaired) electrons. The first-order valence-electron chi connectivity index (χ1n) is 6.69. The summed E-state index contributed by atoms with van der Waals surface area (Å²) in [7, 11) is 0. The van der Waals surface area contributed by atoms with Gasteiger partial charge in [0.15, 0.2) is 0 Å². The van der Waals surface area contributed by atoms with Gasteiger partial charge >= 0.3 is 0 Å². The molecule has 1 fully saturated rings. The lowest BCUT2D eigenvalue weighted by atomic mass is 9.87. The Balaban J connectivity index is 1.55. The molecule has 0 N–H and O–H groups in total. The van der Waals surface area contributed by atoms with Crippen LogP contribution in [-0.2, 0) is 0 Å². The van der Waals surface area contributed by atoms with Gasteiger partial charge in [-0.2, -0.15) is 0 Å². The largest absolute Gasteiger partial charge is 0.474 e. The van der Waals surface area contributed by atoms with Crippen LogP contribution in [0, 0.1) is 6.92 Å². The molecule has 100 valence electrons. The van der Waals surface area contributed by atoms with Gasteiger partial charge in [0.1, 0.15) is 6.10 Å². The van der Waals surface area contributed by atoms with Crippen molar-refractivity contribution in [2.75, 3.05) is 0 Å². The third kappa shape index (κ3) is 2.92. The maximum atomic E-state index is 5.87. The van der Waals surface area contributed by atoms with Crippen molar-refractivity contribution in [2.45, 2.75) is 44.6 Å². The summed E-state index contributed by atoms with van der Waals surface area (Å²) in [6.45, 7) is 1.83. The zero-order chi connectivity index (χ0) is 13.1. The summed E-state index contributed by atoms with van der Waals surface area (Å²) in [6, 6.07) is 5.73. The normalized spacial score (nSPS) is 23.2. The Kier molecular flexibility index (Phi) is 3.44. The van der Waals surface area contributed by atoms with E-state index in [0.29, 0.717) is 17.7 Å². The van der Waals surface area contributed by atoms with Crippen LogP contribution in [0.2, 0.25) is 0 Å². The van der Waals surface area contributed by atoms with Crippen LogP contribution < -0.4 is 4.74 Å². The minimum atomic E-state index is 0.246. The minimum Gasteiger partial charge on any atom is -0.474 e. The van der Waals surface area contributed by atoms with Crippen LogP contribution >= 0.6 is 0 Å². The van der Waals surface area contributed by atoms with Crippen LogP contribution in [0.25, 0.3) is 0 Å². The lowest BCUT2D eigenvalue weighted by Crippen LogP contribution is -2.23. The molecule has 0 unspecified atom stereocenters. The Hall–Kier alpha value is -1.91. The number of aryl methyl sites for hydroxylation is 1. The van der Waals surface area contributed by atoms with Crippen LogP contribution in [-0.4, -0.2) is 21.3 Å². The van der Waals surface area contributed by atoms with Crippen molar-refractivity contribution < 1.29 is 9.15 Å². The molecule has 0 aliphatic heterocycles. The van der Waals surface area contributed by atoms with Crippen molar-refractivity contribution >= 4 is 0 Å². The van der Waals surface area contributed by atoms with E-state index in [1.54, 1.807) is 6.20 Å². The quantitative estimate of drug-likeness (QED) is 0.848. The second-order valence-electron chi connectivity index (χ2n) is 4.92. The van der Waals surface area contributed by atoms with E-state index in [9.17, 15) is 0 Å². The molecule has 5 heteroatoms. The number of aromatic nitrogens is 3. The van der Waals surface area contributed by atoms with Crippen LogP contribution in [0.3, 0.4) is 0 Å². The fourth-order valence-corrected chi connectivity index (χ4v) is 2.49. The van der Waals surface area contributed by atoms with E-state index < -0.39 is 0 Å². The SMILES string of the molecule is Cc1nnc(C2CCC(Oc3ccccn3)CC2)o1. The first kappa shape index (κ1) is 12.1. The average Bonchev–Trinajstić information content (AvgIpc) is 2.87. The maximum absolute atomic E-state index is 5.87. The third-order valence-electron chi connectivity index (χ3n) is 3.49. The summed E-state index contributed by atoms with van der Waals surface area (Å²) in [4.78, 5) is 4.19. The van der Waals surface area contributed by atoms with E-state index in [1.165, 1.54) is 0 Å². The molecule has 3 rings (SSSR count). The van der Waals surface area contributed by atoms with Crippen molar-refractivity contribution in [3.63, 3.8) is 0 Å². The molecule has 2 heterocycles. The summed E-state index contributed by atoms with van der Waals surface area (Å²) in [5.74, 6) is 2.50. The van der Waals surface area contributed by atoms with Crippen LogP contribution in [0.5, 0.6) is 5.88 Å². The van der Waals surface area contributed by atoms with Gasteiger partial charge in [-0.1, -0.05) is 6.07 Å². The highest BCUT2D eigenvalue weighted by Crippen LogP contribution is 2.33. The molecule has 1 saturated carbocycles. The maximum Gasteiger partial charge on any atom is 0.219 e. The van der Waals surface area contributed by atoms with Gasteiger partial charge in [0.05, 0.1) is 0 Å². The highest BCUT2D eigenvalue weighted by atomic mass is 16.5. The molecule has 0 amide bonds. The Morgan fingerprint density at radius 2 is 2.00 bits per heavy atom. The highest BCUT2D eigenvalue weighted by molar-refractivity contribution is 5.10. The summed E-state index contributed by atoms with van der Waals surface area (Å²) in [5, 5.41) is 8.00. The molecule has 0 bridgehead atoms. The molecule has 2 aromatic heterocycles. The van der Waals surface area contributed by atoms with Crippen LogP contribution in [0.15, 0.2) is 28.8 Å². The van der Waals surface area contributed by atoms with E-state index >= 15 is 0 Å². The first-order valence-corrected chi connectivity index (χ1v) is 6.69. The molecule has 0 saturated heterocycles. The van der Waals surface area contributed by atoms with E-state index in [0.717, 1.165) is 31.6 Å². The number of pyridine rings is 1. The fourth-order valence-electron chi connectivity index (χ4n) is 2.49. The first-order chi connectivity index (χ1) is 9.31. The van der Waals surface area contributed by atoms with Gasteiger partial charge in [-0.05, 0) is 31.7 Å². The number of ether oxygens (including phenoxy) is 1. The molecule has 0 aromatic carbocycles. The van der Waals surface area contributed by atoms with Gasteiger partial charge in [0, 0.05) is 25.1 Å². The average molecular weight is 259 g/mol. The monoisotopic (exact) mass is 259 g/mol. The van der Waals surface area contributed by atoms with Gasteiger partial charge in [-0.15, -0.1) is 10.2 Å². The minimum absolute atomic E-state index is 0.246. The second-order valence-corrected chi connectivity index (χ2v) is 4.92. The van der Waals surface area contributed by atoms with Crippen molar-refractivity contribution in [1.82, 2.24) is 15.2 Å². The topological polar surface area (TPSA) is 61.0 Å². The number of rotatable bonds is 3. The molecule has 0 atom stereocenters. The Morgan fingerprint density at radius 1 is 1.16 bits per heavy atom. The Labute approximate surface area is 112 Å². The predicted molar refractivity (Wildman–Crippen MR) is 68.9 cm³/mol. The number of hydrogen-bond acceptors (Lipinski definition) is 5. The molecular formula is C14H17N3O2. The fraction of sp³-hybridized carbons (Fsp3) is 0.500. The molecule has 19 heavy (non-hydrogen) atoms. The molecule has 2 aromatic rings. The molecule has 1 aliphatic rings. The number of nitrogens with zero attached hydrogens (tertiary/aromatic N) is 3. The van der Waals surface area contributed by atoms with Crippen molar-refractivity contribution in [3.8, 4) is 5.88 Å². The number of hydrogen-bond donors (Lipinski definition) is 0. The smallest absolute Gasteiger partial charge is 0.219 e. The van der Waals surface area contributed by atoms with Gasteiger partial charge in [-0.3, -0.25) is 0 Å². The molecular weight excluding hydrogens is 242 g/mol. The molecule has 0 spiro atoms. The standard InChI is InChI=1S/C14H17N3O2/c1-10-16-17-14(18-10)11-5-7-12(8-6-11)19-13-4-2-3-9-15-13/h2-4,9,11-12H,5-8H2,1H3. The Bertz CT molecular complexity index is 518. The molecule has 1 aliphatic carbocycles. The van der Waals surface area contributed by atoms with Crippen molar-refractivity contribution in [1.29, 1.82) is 0 Å². The second kappa shape index (κ2) is 5.38. The summed E-state index contributed by atoms with van der Waals surface area (Å²) in [6.07, 6.45) is 6.06. The zero-order valence-corrected chi connectivity index (χ0v) is 11.0. The van der Waals surface area contributed by atoms with Gasteiger partial charge in [0.25, 0.3) is 0 Å². The van der Waals surface area contributed by atoms with Crippen LogP contribution in [0.4, 0.5) is 0 Å². The van der Waals surface area contributed by atoms with Crippen molar-refractivity contribution in [3.05, 3.63) is 36.2 Å². The lowest BCUT2D eigenvalue weighted by molar-refractivity contribution is 0.135. The molecule has 5 nitrogen and oxygen atoms in total. The zero-order valence-electron chi connectivity index (χ0n) is 11.0. The highest BCUT2D eigenvalue weighted by Gasteiger charge is 2.27.